The fourth-order valence-corrected chi connectivity index (χ4v) is 5.54. The summed E-state index contributed by atoms with van der Waals surface area (Å²) in [6.45, 7) is 3.79. The fraction of sp³-hybridized carbons (Fsp3) is 0.148. The molecule has 31 heavy (non-hydrogen) atoms. The molecule has 0 amide bonds. The van der Waals surface area contributed by atoms with Gasteiger partial charge in [-0.1, -0.05) is 48.5 Å². The second-order valence-corrected chi connectivity index (χ2v) is 8.50. The number of hydrogen-bond donors (Lipinski definition) is 0. The Morgan fingerprint density at radius 3 is 1.77 bits per heavy atom. The van der Waals surface area contributed by atoms with Crippen molar-refractivity contribution >= 4 is 17.3 Å². The summed E-state index contributed by atoms with van der Waals surface area (Å²) in [5.74, 6) is -2.33. The van der Waals surface area contributed by atoms with Gasteiger partial charge in [0.05, 0.1) is 0 Å². The van der Waals surface area contributed by atoms with Crippen molar-refractivity contribution in [3.63, 3.8) is 0 Å². The summed E-state index contributed by atoms with van der Waals surface area (Å²) in [4.78, 5) is 26.7. The number of rotatable bonds is 1. The van der Waals surface area contributed by atoms with E-state index in [4.69, 9.17) is 0 Å². The predicted octanol–water partition coefficient (Wildman–Crippen LogP) is 2.86. The lowest BCUT2D eigenvalue weighted by Crippen LogP contribution is -2.49. The first kappa shape index (κ1) is 18.0. The van der Waals surface area contributed by atoms with Crippen molar-refractivity contribution in [3.8, 4) is 0 Å². The number of hydrogen-bond acceptors (Lipinski definition) is 3. The second-order valence-electron chi connectivity index (χ2n) is 8.50. The van der Waals surface area contributed by atoms with Crippen molar-refractivity contribution in [1.82, 2.24) is 0 Å². The van der Waals surface area contributed by atoms with Crippen LogP contribution in [0.1, 0.15) is 45.3 Å². The number of aryl methyl sites for hydroxylation is 2. The van der Waals surface area contributed by atoms with Crippen molar-refractivity contribution in [3.05, 3.63) is 117 Å². The van der Waals surface area contributed by atoms with Crippen LogP contribution < -0.4 is 9.67 Å². The van der Waals surface area contributed by atoms with E-state index in [0.717, 1.165) is 33.5 Å². The van der Waals surface area contributed by atoms with Crippen LogP contribution in [0.2, 0.25) is 0 Å². The molecule has 7 rings (SSSR count). The maximum Gasteiger partial charge on any atom is 0.296 e. The van der Waals surface area contributed by atoms with E-state index >= 15 is 0 Å². The number of Topliss-reactive ketones (excluding diaryl/α,β-unsaturated/α-hetero) is 2. The zero-order chi connectivity index (χ0) is 21.4. The van der Waals surface area contributed by atoms with Crippen LogP contribution in [-0.2, 0) is 9.59 Å². The highest BCUT2D eigenvalue weighted by Gasteiger charge is 2.50. The lowest BCUT2D eigenvalue weighted by Gasteiger charge is -2.45. The molecule has 4 nitrogen and oxygen atoms in total. The van der Waals surface area contributed by atoms with Crippen LogP contribution in [0.5, 0.6) is 0 Å². The first-order valence-electron chi connectivity index (χ1n) is 10.4. The molecule has 1 heterocycles. The Balaban J connectivity index is 1.69. The average Bonchev–Trinajstić information content (AvgIpc) is 2.78. The molecular weight excluding hydrogens is 386 g/mol. The molecule has 0 saturated heterocycles. The molecule has 0 atom stereocenters. The van der Waals surface area contributed by atoms with Crippen LogP contribution in [0.4, 0.5) is 0 Å². The van der Waals surface area contributed by atoms with Gasteiger partial charge in [-0.05, 0) is 46.1 Å². The first-order valence-corrected chi connectivity index (χ1v) is 10.4. The summed E-state index contributed by atoms with van der Waals surface area (Å²) in [5.41, 5.74) is 6.66. The zero-order valence-electron chi connectivity index (χ0n) is 17.2. The third-order valence-electron chi connectivity index (χ3n) is 6.77. The molecule has 0 unspecified atom stereocenters. The zero-order valence-corrected chi connectivity index (χ0v) is 17.2. The van der Waals surface area contributed by atoms with Crippen LogP contribution in [-0.4, -0.2) is 11.6 Å². The molecule has 3 aromatic rings. The molecule has 4 heteroatoms. The maximum absolute atomic E-state index is 13.9. The van der Waals surface area contributed by atoms with Crippen LogP contribution in [0.3, 0.4) is 0 Å². The largest absolute Gasteiger partial charge is 0.868 e. The van der Waals surface area contributed by atoms with Crippen molar-refractivity contribution in [2.24, 2.45) is 0 Å². The summed E-state index contributed by atoms with van der Waals surface area (Å²) in [7, 11) is 0. The molecule has 0 radical (unpaired) electrons. The number of allylic oxidation sites excluding steroid dienone is 3. The summed E-state index contributed by atoms with van der Waals surface area (Å²) in [6, 6.07) is 19.6. The molecule has 0 fully saturated rings. The van der Waals surface area contributed by atoms with Crippen LogP contribution in [0.25, 0.3) is 5.70 Å². The first-order chi connectivity index (χ1) is 15.0. The Kier molecular flexibility index (Phi) is 3.55. The quantitative estimate of drug-likeness (QED) is 0.355. The molecule has 2 aromatic carbocycles. The van der Waals surface area contributed by atoms with Crippen molar-refractivity contribution < 1.29 is 19.3 Å². The summed E-state index contributed by atoms with van der Waals surface area (Å²) < 4.78 is 1.57. The normalized spacial score (nSPS) is 21.2. The molecule has 1 aromatic heterocycles. The third-order valence-corrected chi connectivity index (χ3v) is 6.77. The minimum atomic E-state index is -0.719. The number of carbonyl (C=O) groups is 2. The van der Waals surface area contributed by atoms with Gasteiger partial charge in [-0.2, -0.15) is 4.57 Å². The van der Waals surface area contributed by atoms with E-state index in [0.29, 0.717) is 11.1 Å². The van der Waals surface area contributed by atoms with E-state index in [1.165, 1.54) is 0 Å². The molecule has 4 aliphatic carbocycles. The highest BCUT2D eigenvalue weighted by Crippen LogP contribution is 2.57. The van der Waals surface area contributed by atoms with Gasteiger partial charge in [-0.15, -0.1) is 0 Å². The number of nitrogens with zero attached hydrogens (tertiary/aromatic N) is 1. The van der Waals surface area contributed by atoms with Gasteiger partial charge in [0.15, 0.2) is 11.9 Å². The average molecular weight is 405 g/mol. The van der Waals surface area contributed by atoms with E-state index in [9.17, 15) is 14.7 Å². The van der Waals surface area contributed by atoms with Crippen LogP contribution >= 0.6 is 0 Å². The Labute approximate surface area is 179 Å². The molecule has 0 saturated carbocycles. The summed E-state index contributed by atoms with van der Waals surface area (Å²) >= 11 is 0. The Bertz CT molecular complexity index is 1360. The highest BCUT2D eigenvalue weighted by atomic mass is 16.3. The van der Waals surface area contributed by atoms with Gasteiger partial charge in [-0.25, -0.2) is 0 Å². The standard InChI is InChI=1S/C27H19NO3/c1-14-11-12-28(15(2)13-14)24-25(29)22-20-16-7-3-5-9-18(16)21(23(22)26(30)27(24)31)19-10-6-4-8-17(19)20/h3-13,20-21H,1-2H3. The fourth-order valence-electron chi connectivity index (χ4n) is 5.54. The Morgan fingerprint density at radius 1 is 0.742 bits per heavy atom. The number of carbonyl (C=O) groups excluding carboxylic acids is 2. The number of ketones is 2. The SMILES string of the molecule is Cc1cc[n+](C2=C([O-])C3=C(C(=O)C2=O)C2c4ccccc4C3c3ccccc32)c(C)c1. The van der Waals surface area contributed by atoms with Gasteiger partial charge in [0, 0.05) is 36.5 Å². The van der Waals surface area contributed by atoms with Crippen LogP contribution in [0, 0.1) is 13.8 Å². The minimum absolute atomic E-state index is 0.0660. The molecule has 150 valence electrons. The van der Waals surface area contributed by atoms with Crippen LogP contribution in [0.15, 0.2) is 83.8 Å². The van der Waals surface area contributed by atoms with Crippen molar-refractivity contribution in [2.45, 2.75) is 25.7 Å². The molecule has 0 aliphatic heterocycles. The molecular formula is C27H19NO3. The van der Waals surface area contributed by atoms with E-state index in [2.05, 4.69) is 0 Å². The monoisotopic (exact) mass is 405 g/mol. The van der Waals surface area contributed by atoms with Gasteiger partial charge in [-0.3, -0.25) is 9.59 Å². The smallest absolute Gasteiger partial charge is 0.296 e. The number of pyridine rings is 1. The van der Waals surface area contributed by atoms with Gasteiger partial charge in [0.2, 0.25) is 5.78 Å². The Morgan fingerprint density at radius 2 is 1.26 bits per heavy atom. The topological polar surface area (TPSA) is 61.1 Å². The van der Waals surface area contributed by atoms with Crippen molar-refractivity contribution in [1.29, 1.82) is 0 Å². The molecule has 4 aliphatic rings. The van der Waals surface area contributed by atoms with E-state index in [1.807, 2.05) is 74.5 Å². The lowest BCUT2D eigenvalue weighted by molar-refractivity contribution is -0.589. The second kappa shape index (κ2) is 6.11. The van der Waals surface area contributed by atoms with E-state index in [1.54, 1.807) is 10.8 Å². The maximum atomic E-state index is 13.9. The number of benzene rings is 2. The lowest BCUT2D eigenvalue weighted by atomic mass is 9.58. The van der Waals surface area contributed by atoms with Gasteiger partial charge < -0.3 is 5.11 Å². The van der Waals surface area contributed by atoms with Crippen molar-refractivity contribution in [2.75, 3.05) is 0 Å². The Hall–Kier alpha value is -3.79. The number of aromatic nitrogens is 1. The van der Waals surface area contributed by atoms with Gasteiger partial charge in [0.1, 0.15) is 0 Å². The molecule has 0 spiro atoms. The predicted molar refractivity (Wildman–Crippen MR) is 113 cm³/mol. The van der Waals surface area contributed by atoms with Gasteiger partial charge >= 0.3 is 0 Å². The minimum Gasteiger partial charge on any atom is -0.868 e. The highest BCUT2D eigenvalue weighted by molar-refractivity contribution is 6.57. The molecule has 0 N–H and O–H groups in total. The summed E-state index contributed by atoms with van der Waals surface area (Å²) in [5, 5.41) is 13.9. The van der Waals surface area contributed by atoms with E-state index in [-0.39, 0.29) is 23.3 Å². The summed E-state index contributed by atoms with van der Waals surface area (Å²) in [6.07, 6.45) is 1.71. The van der Waals surface area contributed by atoms with E-state index < -0.39 is 11.6 Å². The van der Waals surface area contributed by atoms with Gasteiger partial charge in [0.25, 0.3) is 11.5 Å². The third kappa shape index (κ3) is 2.22. The molecule has 2 bridgehead atoms.